The number of hydrogen-bond acceptors (Lipinski definition) is 4. The van der Waals surface area contributed by atoms with E-state index in [1.54, 1.807) is 0 Å². The molecule has 0 radical (unpaired) electrons. The van der Waals surface area contributed by atoms with E-state index in [9.17, 15) is 19.8 Å². The van der Waals surface area contributed by atoms with Crippen LogP contribution in [0.5, 0.6) is 0 Å². The molecule has 27 heavy (non-hydrogen) atoms. The second-order valence-corrected chi connectivity index (χ2v) is 10.4. The first-order valence-corrected chi connectivity index (χ1v) is 10.4. The van der Waals surface area contributed by atoms with E-state index in [2.05, 4.69) is 32.7 Å². The van der Waals surface area contributed by atoms with E-state index in [1.165, 1.54) is 0 Å². The SMILES string of the molecule is C=C1[C@@H](O)C[C@H]2C(C)(C)[C@H](Cl)[C@@H](Cl)C[C@]2(C)[C@H]1C[C@H](O)[C@H]1CC(=O)NC1=O. The maximum absolute atomic E-state index is 12.0. The van der Waals surface area contributed by atoms with Crippen LogP contribution in [0.25, 0.3) is 0 Å². The Kier molecular flexibility index (Phi) is 5.48. The quantitative estimate of drug-likeness (QED) is 0.374. The van der Waals surface area contributed by atoms with Crippen LogP contribution in [-0.4, -0.2) is 45.0 Å². The molecule has 1 saturated heterocycles. The smallest absolute Gasteiger partial charge is 0.232 e. The predicted molar refractivity (Wildman–Crippen MR) is 104 cm³/mol. The molecule has 152 valence electrons. The number of aliphatic hydroxyl groups is 2. The Labute approximate surface area is 170 Å². The molecule has 3 rings (SSSR count). The summed E-state index contributed by atoms with van der Waals surface area (Å²) in [4.78, 5) is 23.5. The van der Waals surface area contributed by atoms with Crippen LogP contribution in [0.2, 0.25) is 0 Å². The molecule has 2 amide bonds. The number of carbonyl (C=O) groups is 2. The molecule has 2 saturated carbocycles. The molecule has 0 aromatic heterocycles. The highest BCUT2D eigenvalue weighted by Gasteiger charge is 2.60. The molecule has 1 heterocycles. The molecule has 0 aromatic carbocycles. The number of amides is 2. The molecule has 1 aliphatic heterocycles. The summed E-state index contributed by atoms with van der Waals surface area (Å²) < 4.78 is 0. The monoisotopic (exact) mass is 417 g/mol. The highest BCUT2D eigenvalue weighted by Crippen LogP contribution is 2.63. The molecule has 7 heteroatoms. The minimum atomic E-state index is -0.980. The van der Waals surface area contributed by atoms with Crippen molar-refractivity contribution in [3.05, 3.63) is 12.2 Å². The molecule has 3 aliphatic rings. The maximum atomic E-state index is 12.0. The van der Waals surface area contributed by atoms with Crippen molar-refractivity contribution in [2.24, 2.45) is 28.6 Å². The highest BCUT2D eigenvalue weighted by molar-refractivity contribution is 6.30. The molecular weight excluding hydrogens is 389 g/mol. The summed E-state index contributed by atoms with van der Waals surface area (Å²) in [6.07, 6.45) is -0.197. The lowest BCUT2D eigenvalue weighted by atomic mass is 9.46. The van der Waals surface area contributed by atoms with Crippen molar-refractivity contribution in [2.75, 3.05) is 0 Å². The van der Waals surface area contributed by atoms with Gasteiger partial charge in [-0.05, 0) is 47.5 Å². The molecule has 3 N–H and O–H groups in total. The fourth-order valence-electron chi connectivity index (χ4n) is 5.87. The van der Waals surface area contributed by atoms with Crippen LogP contribution in [0.3, 0.4) is 0 Å². The van der Waals surface area contributed by atoms with E-state index in [4.69, 9.17) is 23.2 Å². The van der Waals surface area contributed by atoms with Crippen molar-refractivity contribution < 1.29 is 19.8 Å². The summed E-state index contributed by atoms with van der Waals surface area (Å²) in [5, 5.41) is 23.2. The van der Waals surface area contributed by atoms with E-state index in [-0.39, 0.29) is 52.2 Å². The third-order valence-corrected chi connectivity index (χ3v) is 8.84. The minimum Gasteiger partial charge on any atom is -0.392 e. The lowest BCUT2D eigenvalue weighted by Gasteiger charge is -2.61. The van der Waals surface area contributed by atoms with Crippen molar-refractivity contribution in [3.8, 4) is 0 Å². The van der Waals surface area contributed by atoms with Crippen LogP contribution in [0.15, 0.2) is 12.2 Å². The van der Waals surface area contributed by atoms with Gasteiger partial charge in [-0.15, -0.1) is 23.2 Å². The number of alkyl halides is 2. The molecule has 0 spiro atoms. The fraction of sp³-hybridized carbons (Fsp3) is 0.800. The molecular formula is C20H29Cl2NO4. The average molecular weight is 418 g/mol. The van der Waals surface area contributed by atoms with Gasteiger partial charge < -0.3 is 10.2 Å². The number of carbonyl (C=O) groups excluding carboxylic acids is 2. The van der Waals surface area contributed by atoms with Crippen LogP contribution in [0.4, 0.5) is 0 Å². The molecule has 8 atom stereocenters. The van der Waals surface area contributed by atoms with Crippen LogP contribution >= 0.6 is 23.2 Å². The van der Waals surface area contributed by atoms with E-state index in [0.29, 0.717) is 18.4 Å². The number of rotatable bonds is 3. The van der Waals surface area contributed by atoms with Gasteiger partial charge in [0.25, 0.3) is 0 Å². The molecule has 3 fully saturated rings. The number of aliphatic hydroxyl groups excluding tert-OH is 2. The summed E-state index contributed by atoms with van der Waals surface area (Å²) in [5.74, 6) is -1.67. The molecule has 0 bridgehead atoms. The van der Waals surface area contributed by atoms with Crippen molar-refractivity contribution >= 4 is 35.0 Å². The Bertz CT molecular complexity index is 666. The van der Waals surface area contributed by atoms with Crippen LogP contribution in [-0.2, 0) is 9.59 Å². The van der Waals surface area contributed by atoms with E-state index < -0.39 is 24.0 Å². The Morgan fingerprint density at radius 1 is 1.30 bits per heavy atom. The number of imide groups is 1. The van der Waals surface area contributed by atoms with Crippen molar-refractivity contribution in [3.63, 3.8) is 0 Å². The van der Waals surface area contributed by atoms with Gasteiger partial charge in [0.05, 0.1) is 28.9 Å². The lowest BCUT2D eigenvalue weighted by Crippen LogP contribution is -2.59. The van der Waals surface area contributed by atoms with Gasteiger partial charge in [0.1, 0.15) is 0 Å². The third kappa shape index (κ3) is 3.35. The zero-order chi connectivity index (χ0) is 20.3. The summed E-state index contributed by atoms with van der Waals surface area (Å²) in [5.41, 5.74) is 0.0646. The van der Waals surface area contributed by atoms with Gasteiger partial charge >= 0.3 is 0 Å². The van der Waals surface area contributed by atoms with Crippen LogP contribution < -0.4 is 5.32 Å². The van der Waals surface area contributed by atoms with Crippen LogP contribution in [0, 0.1) is 28.6 Å². The number of hydrogen-bond donors (Lipinski definition) is 3. The van der Waals surface area contributed by atoms with E-state index in [1.807, 2.05) is 0 Å². The minimum absolute atomic E-state index is 0.00469. The number of halogens is 2. The van der Waals surface area contributed by atoms with Gasteiger partial charge in [0.2, 0.25) is 11.8 Å². The number of fused-ring (bicyclic) bond motifs is 1. The first-order valence-electron chi connectivity index (χ1n) is 9.56. The summed E-state index contributed by atoms with van der Waals surface area (Å²) >= 11 is 13.3. The van der Waals surface area contributed by atoms with Gasteiger partial charge in [-0.3, -0.25) is 14.9 Å². The highest BCUT2D eigenvalue weighted by atomic mass is 35.5. The fourth-order valence-corrected chi connectivity index (χ4v) is 6.77. The second-order valence-electron chi connectivity index (χ2n) is 9.41. The topological polar surface area (TPSA) is 86.6 Å². The van der Waals surface area contributed by atoms with Crippen LogP contribution in [0.1, 0.15) is 46.5 Å². The summed E-state index contributed by atoms with van der Waals surface area (Å²) in [6.45, 7) is 10.4. The molecule has 0 unspecified atom stereocenters. The van der Waals surface area contributed by atoms with Crippen molar-refractivity contribution in [1.29, 1.82) is 0 Å². The zero-order valence-corrected chi connectivity index (χ0v) is 17.6. The maximum Gasteiger partial charge on any atom is 0.232 e. The lowest BCUT2D eigenvalue weighted by molar-refractivity contribution is -0.128. The summed E-state index contributed by atoms with van der Waals surface area (Å²) in [6, 6.07) is 0. The Balaban J connectivity index is 1.91. The predicted octanol–water partition coefficient (Wildman–Crippen LogP) is 2.60. The molecule has 0 aromatic rings. The standard InChI is InChI=1S/C20H29Cl2NO4/c1-9-11(6-14(25)10-5-16(26)23-18(10)27)20(4)8-12(21)17(22)19(2,3)15(20)7-13(9)24/h10-15,17,24-25H,1,5-8H2,2-4H3,(H,23,26,27)/t10-,11+,12+,13+,14+,15+,17-,20-/m1/s1. The van der Waals surface area contributed by atoms with E-state index in [0.717, 1.165) is 0 Å². The first-order chi connectivity index (χ1) is 12.4. The van der Waals surface area contributed by atoms with Gasteiger partial charge in [0, 0.05) is 6.42 Å². The molecule has 2 aliphatic carbocycles. The van der Waals surface area contributed by atoms with Crippen molar-refractivity contribution in [2.45, 2.75) is 69.4 Å². The number of nitrogens with one attached hydrogen (secondary N) is 1. The molecule has 5 nitrogen and oxygen atoms in total. The van der Waals surface area contributed by atoms with E-state index >= 15 is 0 Å². The normalized spacial score (nSPS) is 45.4. The largest absolute Gasteiger partial charge is 0.392 e. The van der Waals surface area contributed by atoms with Gasteiger partial charge in [-0.2, -0.15) is 0 Å². The van der Waals surface area contributed by atoms with Gasteiger partial charge in [-0.1, -0.05) is 27.4 Å². The van der Waals surface area contributed by atoms with Gasteiger partial charge in [-0.25, -0.2) is 0 Å². The second kappa shape index (κ2) is 7.01. The third-order valence-electron chi connectivity index (χ3n) is 7.43. The van der Waals surface area contributed by atoms with Gasteiger partial charge in [0.15, 0.2) is 0 Å². The van der Waals surface area contributed by atoms with Crippen molar-refractivity contribution in [1.82, 2.24) is 5.32 Å². The Morgan fingerprint density at radius 3 is 2.48 bits per heavy atom. The Morgan fingerprint density at radius 2 is 1.93 bits per heavy atom. The zero-order valence-electron chi connectivity index (χ0n) is 16.0. The summed E-state index contributed by atoms with van der Waals surface area (Å²) in [7, 11) is 0. The first kappa shape index (κ1) is 21.1. The Hall–Kier alpha value is -0.620. The average Bonchev–Trinajstić information content (AvgIpc) is 2.91.